The van der Waals surface area contributed by atoms with Gasteiger partial charge >= 0.3 is 0 Å². The fourth-order valence-corrected chi connectivity index (χ4v) is 3.19. The number of nitrogens with one attached hydrogen (secondary N) is 1. The van der Waals surface area contributed by atoms with E-state index in [1.165, 1.54) is 18.4 Å². The molecular formula is C19H26N4O. The number of nitrogens with two attached hydrogens (primary N) is 1. The van der Waals surface area contributed by atoms with Crippen LogP contribution in [-0.4, -0.2) is 34.5 Å². The third kappa shape index (κ3) is 3.74. The number of piperidine rings is 1. The highest BCUT2D eigenvalue weighted by molar-refractivity contribution is 5.55. The third-order valence-corrected chi connectivity index (χ3v) is 5.07. The molecule has 0 atom stereocenters. The zero-order valence-corrected chi connectivity index (χ0v) is 14.5. The van der Waals surface area contributed by atoms with Crippen LogP contribution < -0.4 is 11.3 Å². The van der Waals surface area contributed by atoms with E-state index in [2.05, 4.69) is 27.0 Å². The minimum Gasteiger partial charge on any atom is -0.330 e. The Kier molecular flexibility index (Phi) is 5.11. The molecule has 1 aromatic heterocycles. The lowest BCUT2D eigenvalue weighted by atomic mass is 9.97. The van der Waals surface area contributed by atoms with E-state index in [4.69, 9.17) is 5.73 Å². The van der Waals surface area contributed by atoms with Crippen LogP contribution in [0.2, 0.25) is 0 Å². The highest BCUT2D eigenvalue weighted by Crippen LogP contribution is 2.20. The number of nitrogens with zero attached hydrogens (tertiary/aromatic N) is 2. The third-order valence-electron chi connectivity index (χ3n) is 5.07. The maximum absolute atomic E-state index is 11.9. The van der Waals surface area contributed by atoms with Crippen LogP contribution in [0.15, 0.2) is 29.1 Å². The Balaban J connectivity index is 1.69. The largest absolute Gasteiger partial charge is 0.330 e. The number of H-pyrrole nitrogens is 1. The lowest BCUT2D eigenvalue weighted by Crippen LogP contribution is -2.35. The van der Waals surface area contributed by atoms with Crippen molar-refractivity contribution in [1.82, 2.24) is 14.9 Å². The average Bonchev–Trinajstić information content (AvgIpc) is 2.60. The fourth-order valence-electron chi connectivity index (χ4n) is 3.19. The lowest BCUT2D eigenvalue weighted by Gasteiger charge is -2.31. The molecule has 3 rings (SSSR count). The molecule has 1 fully saturated rings. The molecule has 2 aromatic rings. The normalized spacial score (nSPS) is 16.5. The number of hydrogen-bond donors (Lipinski definition) is 2. The standard InChI is InChI=1S/C19H26N4O/c1-13-14(2)21-18(22-19(13)24)17-5-3-16(4-6-17)12-23-9-7-15(11-20)8-10-23/h3-6,15H,7-12,20H2,1-2H3,(H,21,22,24). The first-order chi connectivity index (χ1) is 11.6. The summed E-state index contributed by atoms with van der Waals surface area (Å²) in [5.74, 6) is 1.33. The van der Waals surface area contributed by atoms with Crippen LogP contribution in [-0.2, 0) is 6.54 Å². The molecule has 2 heterocycles. The van der Waals surface area contributed by atoms with Gasteiger partial charge in [-0.15, -0.1) is 0 Å². The van der Waals surface area contributed by atoms with Crippen molar-refractivity contribution in [2.45, 2.75) is 33.2 Å². The summed E-state index contributed by atoms with van der Waals surface area (Å²) < 4.78 is 0. The number of benzene rings is 1. The molecule has 1 aliphatic rings. The monoisotopic (exact) mass is 326 g/mol. The highest BCUT2D eigenvalue weighted by Gasteiger charge is 2.17. The minimum absolute atomic E-state index is 0.0654. The molecule has 0 amide bonds. The van der Waals surface area contributed by atoms with E-state index in [0.29, 0.717) is 17.3 Å². The first-order valence-corrected chi connectivity index (χ1v) is 8.66. The number of hydrogen-bond acceptors (Lipinski definition) is 4. The quantitative estimate of drug-likeness (QED) is 0.903. The molecule has 5 heteroatoms. The number of aromatic nitrogens is 2. The second-order valence-corrected chi connectivity index (χ2v) is 6.78. The van der Waals surface area contributed by atoms with Gasteiger partial charge in [0.05, 0.1) is 0 Å². The van der Waals surface area contributed by atoms with Crippen LogP contribution >= 0.6 is 0 Å². The molecule has 1 saturated heterocycles. The molecule has 24 heavy (non-hydrogen) atoms. The number of aromatic amines is 1. The van der Waals surface area contributed by atoms with Crippen molar-refractivity contribution in [2.75, 3.05) is 19.6 Å². The fraction of sp³-hybridized carbons (Fsp3) is 0.474. The van der Waals surface area contributed by atoms with Gasteiger partial charge in [0.1, 0.15) is 5.82 Å². The molecule has 1 aliphatic heterocycles. The summed E-state index contributed by atoms with van der Waals surface area (Å²) >= 11 is 0. The van der Waals surface area contributed by atoms with Gasteiger partial charge in [0.15, 0.2) is 0 Å². The SMILES string of the molecule is Cc1nc(-c2ccc(CN3CCC(CN)CC3)cc2)[nH]c(=O)c1C. The van der Waals surface area contributed by atoms with Gasteiger partial charge in [-0.2, -0.15) is 0 Å². The van der Waals surface area contributed by atoms with Crippen molar-refractivity contribution < 1.29 is 0 Å². The maximum atomic E-state index is 11.9. The Morgan fingerprint density at radius 1 is 1.21 bits per heavy atom. The smallest absolute Gasteiger partial charge is 0.254 e. The lowest BCUT2D eigenvalue weighted by molar-refractivity contribution is 0.180. The van der Waals surface area contributed by atoms with Crippen molar-refractivity contribution >= 4 is 0 Å². The number of aryl methyl sites for hydroxylation is 1. The predicted octanol–water partition coefficient (Wildman–Crippen LogP) is 2.22. The summed E-state index contributed by atoms with van der Waals surface area (Å²) in [6.45, 7) is 7.68. The van der Waals surface area contributed by atoms with Crippen molar-refractivity contribution in [3.8, 4) is 11.4 Å². The predicted molar refractivity (Wildman–Crippen MR) is 96.8 cm³/mol. The van der Waals surface area contributed by atoms with Gasteiger partial charge < -0.3 is 10.7 Å². The van der Waals surface area contributed by atoms with Gasteiger partial charge in [0.25, 0.3) is 5.56 Å². The Morgan fingerprint density at radius 3 is 2.46 bits per heavy atom. The van der Waals surface area contributed by atoms with Crippen molar-refractivity contribution in [1.29, 1.82) is 0 Å². The highest BCUT2D eigenvalue weighted by atomic mass is 16.1. The summed E-state index contributed by atoms with van der Waals surface area (Å²) in [6.07, 6.45) is 2.39. The first-order valence-electron chi connectivity index (χ1n) is 8.66. The molecule has 1 aromatic carbocycles. The zero-order chi connectivity index (χ0) is 17.1. The van der Waals surface area contributed by atoms with Crippen LogP contribution in [0.5, 0.6) is 0 Å². The Morgan fingerprint density at radius 2 is 1.88 bits per heavy atom. The average molecular weight is 326 g/mol. The summed E-state index contributed by atoms with van der Waals surface area (Å²) in [6, 6.07) is 8.32. The topological polar surface area (TPSA) is 75.0 Å². The van der Waals surface area contributed by atoms with E-state index in [-0.39, 0.29) is 5.56 Å². The van der Waals surface area contributed by atoms with E-state index in [1.807, 2.05) is 19.1 Å². The molecule has 0 spiro atoms. The van der Waals surface area contributed by atoms with Crippen LogP contribution in [0.1, 0.15) is 29.7 Å². The molecule has 128 valence electrons. The Bertz CT molecular complexity index is 743. The van der Waals surface area contributed by atoms with Gasteiger partial charge in [-0.1, -0.05) is 24.3 Å². The minimum atomic E-state index is -0.0654. The summed E-state index contributed by atoms with van der Waals surface area (Å²) in [5, 5.41) is 0. The van der Waals surface area contributed by atoms with Crippen molar-refractivity contribution in [2.24, 2.45) is 11.7 Å². The van der Waals surface area contributed by atoms with Gasteiger partial charge in [-0.25, -0.2) is 4.98 Å². The molecule has 5 nitrogen and oxygen atoms in total. The first kappa shape index (κ1) is 16.9. The molecule has 3 N–H and O–H groups in total. The summed E-state index contributed by atoms with van der Waals surface area (Å²) in [5.41, 5.74) is 9.38. The van der Waals surface area contributed by atoms with E-state index in [1.54, 1.807) is 6.92 Å². The Hall–Kier alpha value is -1.98. The van der Waals surface area contributed by atoms with Crippen LogP contribution in [0.3, 0.4) is 0 Å². The molecule has 0 bridgehead atoms. The maximum Gasteiger partial charge on any atom is 0.254 e. The van der Waals surface area contributed by atoms with Crippen LogP contribution in [0.25, 0.3) is 11.4 Å². The second-order valence-electron chi connectivity index (χ2n) is 6.78. The zero-order valence-electron chi connectivity index (χ0n) is 14.5. The molecule has 0 saturated carbocycles. The van der Waals surface area contributed by atoms with E-state index >= 15 is 0 Å². The van der Waals surface area contributed by atoms with Crippen LogP contribution in [0, 0.1) is 19.8 Å². The number of likely N-dealkylation sites (tertiary alicyclic amines) is 1. The number of rotatable bonds is 4. The van der Waals surface area contributed by atoms with E-state index < -0.39 is 0 Å². The second kappa shape index (κ2) is 7.28. The molecule has 0 radical (unpaired) electrons. The summed E-state index contributed by atoms with van der Waals surface area (Å²) in [4.78, 5) is 21.7. The molecule has 0 aliphatic carbocycles. The van der Waals surface area contributed by atoms with Crippen molar-refractivity contribution in [3.05, 3.63) is 51.4 Å². The van der Waals surface area contributed by atoms with Gasteiger partial charge in [0, 0.05) is 23.4 Å². The molecular weight excluding hydrogens is 300 g/mol. The van der Waals surface area contributed by atoms with Gasteiger partial charge in [0.2, 0.25) is 0 Å². The van der Waals surface area contributed by atoms with Crippen molar-refractivity contribution in [3.63, 3.8) is 0 Å². The van der Waals surface area contributed by atoms with E-state index in [9.17, 15) is 4.79 Å². The van der Waals surface area contributed by atoms with E-state index in [0.717, 1.165) is 37.4 Å². The van der Waals surface area contributed by atoms with Crippen LogP contribution in [0.4, 0.5) is 0 Å². The van der Waals surface area contributed by atoms with Gasteiger partial charge in [-0.05, 0) is 57.8 Å². The summed E-state index contributed by atoms with van der Waals surface area (Å²) in [7, 11) is 0. The van der Waals surface area contributed by atoms with Gasteiger partial charge in [-0.3, -0.25) is 9.69 Å². The molecule has 0 unspecified atom stereocenters. The Labute approximate surface area is 142 Å².